The molecule has 1 aliphatic rings. The minimum atomic E-state index is -0.562. The predicted molar refractivity (Wildman–Crippen MR) is 112 cm³/mol. The smallest absolute Gasteiger partial charge is 0.339 e. The summed E-state index contributed by atoms with van der Waals surface area (Å²) in [7, 11) is 1.31. The Balaban J connectivity index is 1.77. The Labute approximate surface area is 174 Å². The summed E-state index contributed by atoms with van der Waals surface area (Å²) in [5.74, 6) is -0.597. The van der Waals surface area contributed by atoms with Gasteiger partial charge in [0.05, 0.1) is 35.1 Å². The normalized spacial score (nSPS) is 14.8. The van der Waals surface area contributed by atoms with E-state index in [1.165, 1.54) is 7.11 Å². The minimum Gasteiger partial charge on any atom is -0.465 e. The zero-order valence-electron chi connectivity index (χ0n) is 16.9. The molecule has 0 bridgehead atoms. The molecule has 2 aromatic rings. The fraction of sp³-hybridized carbons (Fsp3) is 0.381. The Morgan fingerprint density at radius 1 is 1.31 bits per heavy atom. The average Bonchev–Trinajstić information content (AvgIpc) is 3.23. The summed E-state index contributed by atoms with van der Waals surface area (Å²) < 4.78 is 4.79. The van der Waals surface area contributed by atoms with E-state index >= 15 is 0 Å². The van der Waals surface area contributed by atoms with Crippen LogP contribution >= 0.6 is 11.6 Å². The quantitative estimate of drug-likeness (QED) is 0.549. The van der Waals surface area contributed by atoms with Gasteiger partial charge < -0.3 is 19.9 Å². The Hall–Kier alpha value is -2.80. The third-order valence-electron chi connectivity index (χ3n) is 5.16. The van der Waals surface area contributed by atoms with Crippen molar-refractivity contribution in [1.82, 2.24) is 4.98 Å². The van der Waals surface area contributed by atoms with Crippen molar-refractivity contribution in [3.8, 4) is 0 Å². The standard InChI is InChI=1S/C21H24ClN3O4/c1-11-18(21(28)29-4)12(2)24-19(11)20(27)13(3)23-14-7-8-16(15(22)10-14)25-9-5-6-17(25)26/h7-8,10,13,23-24H,5-6,9H2,1-4H3/t13-/m0/s1. The molecule has 3 rings (SSSR count). The molecule has 2 heterocycles. The highest BCUT2D eigenvalue weighted by atomic mass is 35.5. The topological polar surface area (TPSA) is 91.5 Å². The van der Waals surface area contributed by atoms with Crippen LogP contribution in [0, 0.1) is 13.8 Å². The second-order valence-corrected chi connectivity index (χ2v) is 7.57. The number of aromatic nitrogens is 1. The predicted octanol–water partition coefficient (Wildman–Crippen LogP) is 3.88. The highest BCUT2D eigenvalue weighted by Gasteiger charge is 2.26. The first-order valence-corrected chi connectivity index (χ1v) is 9.80. The maximum absolute atomic E-state index is 12.9. The van der Waals surface area contributed by atoms with Crippen molar-refractivity contribution >= 4 is 40.6 Å². The monoisotopic (exact) mass is 417 g/mol. The molecule has 0 saturated carbocycles. The number of esters is 1. The number of Topliss-reactive ketones (excluding diaryl/α,β-unsaturated/α-hetero) is 1. The molecule has 0 spiro atoms. The SMILES string of the molecule is COC(=O)c1c(C)[nH]c(C(=O)[C@H](C)Nc2ccc(N3CCCC3=O)c(Cl)c2)c1C. The number of halogens is 1. The van der Waals surface area contributed by atoms with Crippen LogP contribution in [0.3, 0.4) is 0 Å². The van der Waals surface area contributed by atoms with Gasteiger partial charge in [-0.15, -0.1) is 0 Å². The van der Waals surface area contributed by atoms with Crippen LogP contribution in [0.15, 0.2) is 18.2 Å². The van der Waals surface area contributed by atoms with Crippen LogP contribution < -0.4 is 10.2 Å². The lowest BCUT2D eigenvalue weighted by Gasteiger charge is -2.19. The van der Waals surface area contributed by atoms with Gasteiger partial charge in [-0.25, -0.2) is 4.79 Å². The molecule has 0 unspecified atom stereocenters. The van der Waals surface area contributed by atoms with Gasteiger partial charge in [-0.1, -0.05) is 11.6 Å². The van der Waals surface area contributed by atoms with E-state index in [2.05, 4.69) is 10.3 Å². The van der Waals surface area contributed by atoms with Gasteiger partial charge in [-0.2, -0.15) is 0 Å². The number of rotatable bonds is 6. The highest BCUT2D eigenvalue weighted by molar-refractivity contribution is 6.34. The van der Waals surface area contributed by atoms with Crippen molar-refractivity contribution in [2.45, 2.75) is 39.7 Å². The molecule has 1 atom stereocenters. The molecule has 154 valence electrons. The largest absolute Gasteiger partial charge is 0.465 e. The van der Waals surface area contributed by atoms with Crippen LogP contribution in [0.5, 0.6) is 0 Å². The molecule has 0 aliphatic carbocycles. The molecule has 8 heteroatoms. The first-order valence-electron chi connectivity index (χ1n) is 9.42. The van der Waals surface area contributed by atoms with Crippen molar-refractivity contribution in [1.29, 1.82) is 0 Å². The third kappa shape index (κ3) is 4.00. The zero-order chi connectivity index (χ0) is 21.3. The van der Waals surface area contributed by atoms with Gasteiger partial charge in [0.2, 0.25) is 11.7 Å². The van der Waals surface area contributed by atoms with E-state index in [9.17, 15) is 14.4 Å². The molecule has 0 radical (unpaired) electrons. The van der Waals surface area contributed by atoms with E-state index < -0.39 is 12.0 Å². The van der Waals surface area contributed by atoms with E-state index in [0.717, 1.165) is 6.42 Å². The summed E-state index contributed by atoms with van der Waals surface area (Å²) in [6.07, 6.45) is 1.35. The van der Waals surface area contributed by atoms with Gasteiger partial charge in [0.1, 0.15) is 0 Å². The summed E-state index contributed by atoms with van der Waals surface area (Å²) in [6, 6.07) is 4.72. The van der Waals surface area contributed by atoms with Crippen LogP contribution in [0.25, 0.3) is 0 Å². The maximum atomic E-state index is 12.9. The van der Waals surface area contributed by atoms with E-state index in [1.54, 1.807) is 43.9 Å². The number of ketones is 1. The number of hydrogen-bond acceptors (Lipinski definition) is 5. The molecule has 1 saturated heterocycles. The number of H-pyrrole nitrogens is 1. The lowest BCUT2D eigenvalue weighted by Crippen LogP contribution is -2.27. The number of aryl methyl sites for hydroxylation is 1. The maximum Gasteiger partial charge on any atom is 0.339 e. The van der Waals surface area contributed by atoms with E-state index in [1.807, 2.05) is 0 Å². The number of nitrogens with zero attached hydrogens (tertiary/aromatic N) is 1. The number of nitrogens with one attached hydrogen (secondary N) is 2. The third-order valence-corrected chi connectivity index (χ3v) is 5.46. The van der Waals surface area contributed by atoms with Crippen molar-refractivity contribution in [2.24, 2.45) is 0 Å². The Kier molecular flexibility index (Phi) is 5.98. The van der Waals surface area contributed by atoms with E-state index in [0.29, 0.717) is 51.9 Å². The number of hydrogen-bond donors (Lipinski definition) is 2. The van der Waals surface area contributed by atoms with Crippen LogP contribution in [0.1, 0.15) is 51.9 Å². The van der Waals surface area contributed by atoms with Crippen molar-refractivity contribution in [3.05, 3.63) is 45.7 Å². The number of amides is 1. The lowest BCUT2D eigenvalue weighted by molar-refractivity contribution is -0.117. The van der Waals surface area contributed by atoms with E-state index in [-0.39, 0.29) is 11.7 Å². The van der Waals surface area contributed by atoms with Gasteiger partial charge in [0, 0.05) is 24.3 Å². The van der Waals surface area contributed by atoms with Crippen LogP contribution in [0.2, 0.25) is 5.02 Å². The fourth-order valence-corrected chi connectivity index (χ4v) is 3.94. The van der Waals surface area contributed by atoms with Gasteiger partial charge >= 0.3 is 5.97 Å². The molecule has 1 fully saturated rings. The summed E-state index contributed by atoms with van der Waals surface area (Å²) in [4.78, 5) is 41.5. The highest BCUT2D eigenvalue weighted by Crippen LogP contribution is 2.32. The molecule has 7 nitrogen and oxygen atoms in total. The number of ether oxygens (including phenoxy) is 1. The molecule has 1 aliphatic heterocycles. The Morgan fingerprint density at radius 2 is 2.03 bits per heavy atom. The van der Waals surface area contributed by atoms with Gasteiger partial charge in [0.15, 0.2) is 0 Å². The number of anilines is 2. The number of aromatic amines is 1. The van der Waals surface area contributed by atoms with Crippen LogP contribution in [-0.4, -0.2) is 42.3 Å². The minimum absolute atomic E-state index is 0.0650. The molecule has 1 aromatic carbocycles. The second kappa shape index (κ2) is 8.29. The summed E-state index contributed by atoms with van der Waals surface area (Å²) in [6.45, 7) is 5.84. The molecule has 2 N–H and O–H groups in total. The van der Waals surface area contributed by atoms with Crippen LogP contribution in [-0.2, 0) is 9.53 Å². The summed E-state index contributed by atoms with van der Waals surface area (Å²) in [5, 5.41) is 3.58. The number of carbonyl (C=O) groups excluding carboxylic acids is 3. The number of methoxy groups -OCH3 is 1. The van der Waals surface area contributed by atoms with Crippen molar-refractivity contribution in [2.75, 3.05) is 23.9 Å². The van der Waals surface area contributed by atoms with Crippen molar-refractivity contribution in [3.63, 3.8) is 0 Å². The van der Waals surface area contributed by atoms with Crippen molar-refractivity contribution < 1.29 is 19.1 Å². The van der Waals surface area contributed by atoms with Gasteiger partial charge in [-0.05, 0) is 51.0 Å². The zero-order valence-corrected chi connectivity index (χ0v) is 17.6. The first-order chi connectivity index (χ1) is 13.7. The fourth-order valence-electron chi connectivity index (χ4n) is 3.66. The molecule has 1 amide bonds. The van der Waals surface area contributed by atoms with Crippen LogP contribution in [0.4, 0.5) is 11.4 Å². The second-order valence-electron chi connectivity index (χ2n) is 7.16. The molecular formula is C21H24ClN3O4. The molecule has 29 heavy (non-hydrogen) atoms. The van der Waals surface area contributed by atoms with Gasteiger partial charge in [0.25, 0.3) is 0 Å². The average molecular weight is 418 g/mol. The Morgan fingerprint density at radius 3 is 2.62 bits per heavy atom. The van der Waals surface area contributed by atoms with E-state index in [4.69, 9.17) is 16.3 Å². The lowest BCUT2D eigenvalue weighted by atomic mass is 10.0. The molecule has 1 aromatic heterocycles. The summed E-state index contributed by atoms with van der Waals surface area (Å²) >= 11 is 6.38. The van der Waals surface area contributed by atoms with Gasteiger partial charge in [-0.3, -0.25) is 9.59 Å². The molecular weight excluding hydrogens is 394 g/mol. The summed E-state index contributed by atoms with van der Waals surface area (Å²) in [5.41, 5.74) is 3.25. The number of carbonyl (C=O) groups is 3. The first kappa shape index (κ1) is 20.9. The number of benzene rings is 1. The Bertz CT molecular complexity index is 983.